The summed E-state index contributed by atoms with van der Waals surface area (Å²) < 4.78 is 12.7. The zero-order valence-electron chi connectivity index (χ0n) is 8.06. The smallest absolute Gasteiger partial charge is 0.124 e. The van der Waals surface area contributed by atoms with Crippen LogP contribution in [0.5, 0.6) is 0 Å². The highest BCUT2D eigenvalue weighted by atomic mass is 79.9. The molecule has 1 rings (SSSR count). The minimum atomic E-state index is -0.273. The van der Waals surface area contributed by atoms with E-state index in [0.29, 0.717) is 9.85 Å². The van der Waals surface area contributed by atoms with Crippen LogP contribution in [0.2, 0.25) is 5.02 Å². The Morgan fingerprint density at radius 1 is 1.50 bits per heavy atom. The van der Waals surface area contributed by atoms with Gasteiger partial charge in [-0.05, 0) is 37.0 Å². The first-order valence-corrected chi connectivity index (χ1v) is 6.01. The van der Waals surface area contributed by atoms with E-state index >= 15 is 0 Å². The molecule has 1 atom stereocenters. The SMILES string of the molecule is CCC(Br)CCc1ccc(F)cc1Cl. The highest BCUT2D eigenvalue weighted by Crippen LogP contribution is 2.21. The molecule has 0 amide bonds. The molecule has 3 heteroatoms. The van der Waals surface area contributed by atoms with Gasteiger partial charge in [0.1, 0.15) is 5.82 Å². The van der Waals surface area contributed by atoms with Gasteiger partial charge in [-0.15, -0.1) is 0 Å². The van der Waals surface area contributed by atoms with Crippen LogP contribution in [0.15, 0.2) is 18.2 Å². The summed E-state index contributed by atoms with van der Waals surface area (Å²) in [6.07, 6.45) is 3.02. The fourth-order valence-corrected chi connectivity index (χ4v) is 1.73. The lowest BCUT2D eigenvalue weighted by Gasteiger charge is -2.07. The number of hydrogen-bond donors (Lipinski definition) is 0. The maximum absolute atomic E-state index is 12.7. The monoisotopic (exact) mass is 278 g/mol. The zero-order valence-corrected chi connectivity index (χ0v) is 10.4. The van der Waals surface area contributed by atoms with Crippen molar-refractivity contribution in [3.63, 3.8) is 0 Å². The van der Waals surface area contributed by atoms with E-state index in [4.69, 9.17) is 11.6 Å². The lowest BCUT2D eigenvalue weighted by atomic mass is 10.1. The van der Waals surface area contributed by atoms with Crippen molar-refractivity contribution in [1.29, 1.82) is 0 Å². The summed E-state index contributed by atoms with van der Waals surface area (Å²) in [6, 6.07) is 4.58. The quantitative estimate of drug-likeness (QED) is 0.707. The van der Waals surface area contributed by atoms with Gasteiger partial charge >= 0.3 is 0 Å². The van der Waals surface area contributed by atoms with Gasteiger partial charge in [0.15, 0.2) is 0 Å². The Hall–Kier alpha value is -0.0800. The van der Waals surface area contributed by atoms with Crippen molar-refractivity contribution < 1.29 is 4.39 Å². The highest BCUT2D eigenvalue weighted by Gasteiger charge is 2.05. The summed E-state index contributed by atoms with van der Waals surface area (Å²) in [5.74, 6) is -0.273. The van der Waals surface area contributed by atoms with Gasteiger partial charge in [-0.1, -0.05) is 40.5 Å². The molecule has 78 valence electrons. The van der Waals surface area contributed by atoms with Gasteiger partial charge in [0, 0.05) is 9.85 Å². The minimum absolute atomic E-state index is 0.273. The van der Waals surface area contributed by atoms with Crippen LogP contribution in [0.25, 0.3) is 0 Å². The average Bonchev–Trinajstić information content (AvgIpc) is 2.16. The average molecular weight is 280 g/mol. The molecule has 14 heavy (non-hydrogen) atoms. The third-order valence-electron chi connectivity index (χ3n) is 2.18. The molecule has 0 aliphatic carbocycles. The molecule has 1 aromatic rings. The lowest BCUT2D eigenvalue weighted by molar-refractivity contribution is 0.626. The molecule has 0 spiro atoms. The zero-order chi connectivity index (χ0) is 10.6. The normalized spacial score (nSPS) is 12.9. The Labute approximate surface area is 97.6 Å². The Morgan fingerprint density at radius 3 is 2.79 bits per heavy atom. The summed E-state index contributed by atoms with van der Waals surface area (Å²) in [4.78, 5) is 0.517. The van der Waals surface area contributed by atoms with Gasteiger partial charge < -0.3 is 0 Å². The Bertz CT molecular complexity index is 301. The van der Waals surface area contributed by atoms with Crippen molar-refractivity contribution in [2.45, 2.75) is 31.0 Å². The highest BCUT2D eigenvalue weighted by molar-refractivity contribution is 9.09. The maximum Gasteiger partial charge on any atom is 0.124 e. The molecule has 0 aromatic heterocycles. The van der Waals surface area contributed by atoms with E-state index in [1.165, 1.54) is 12.1 Å². The topological polar surface area (TPSA) is 0 Å². The molecule has 0 saturated carbocycles. The van der Waals surface area contributed by atoms with Gasteiger partial charge in [0.25, 0.3) is 0 Å². The van der Waals surface area contributed by atoms with Gasteiger partial charge in [0.05, 0.1) is 0 Å². The molecule has 0 N–H and O–H groups in total. The summed E-state index contributed by atoms with van der Waals surface area (Å²) >= 11 is 9.46. The third kappa shape index (κ3) is 3.58. The van der Waals surface area contributed by atoms with E-state index in [1.807, 2.05) is 0 Å². The largest absolute Gasteiger partial charge is 0.207 e. The standard InChI is InChI=1S/C11H13BrClF/c1-2-9(12)5-3-8-4-6-10(14)7-11(8)13/h4,6-7,9H,2-3,5H2,1H3. The lowest BCUT2D eigenvalue weighted by Crippen LogP contribution is -1.98. The van der Waals surface area contributed by atoms with Gasteiger partial charge in [-0.2, -0.15) is 0 Å². The van der Waals surface area contributed by atoms with Crippen LogP contribution in [0.1, 0.15) is 25.3 Å². The van der Waals surface area contributed by atoms with Crippen molar-refractivity contribution in [2.75, 3.05) is 0 Å². The fourth-order valence-electron chi connectivity index (χ4n) is 1.24. The Morgan fingerprint density at radius 2 is 2.21 bits per heavy atom. The molecule has 0 aliphatic heterocycles. The summed E-state index contributed by atoms with van der Waals surface area (Å²) in [5.41, 5.74) is 1.02. The number of hydrogen-bond acceptors (Lipinski definition) is 0. The predicted octanol–water partition coefficient (Wildman–Crippen LogP) is 4.59. The molecule has 1 aromatic carbocycles. The number of benzene rings is 1. The molecule has 1 unspecified atom stereocenters. The number of aryl methyl sites for hydroxylation is 1. The first kappa shape index (κ1) is 12.0. The van der Waals surface area contributed by atoms with Crippen molar-refractivity contribution in [2.24, 2.45) is 0 Å². The van der Waals surface area contributed by atoms with Crippen molar-refractivity contribution >= 4 is 27.5 Å². The molecule has 0 fully saturated rings. The summed E-state index contributed by atoms with van der Waals surface area (Å²) in [5, 5.41) is 0.529. The molecule has 0 heterocycles. The minimum Gasteiger partial charge on any atom is -0.207 e. The Kier molecular flexibility index (Phi) is 4.90. The number of alkyl halides is 1. The summed E-state index contributed by atoms with van der Waals surface area (Å²) in [7, 11) is 0. The molecule has 0 nitrogen and oxygen atoms in total. The third-order valence-corrected chi connectivity index (χ3v) is 3.64. The molecule has 0 saturated heterocycles. The van der Waals surface area contributed by atoms with E-state index < -0.39 is 0 Å². The second-order valence-corrected chi connectivity index (χ2v) is 4.98. The molecule has 0 radical (unpaired) electrons. The maximum atomic E-state index is 12.7. The van der Waals surface area contributed by atoms with Crippen LogP contribution in [-0.4, -0.2) is 4.83 Å². The predicted molar refractivity (Wildman–Crippen MR) is 62.7 cm³/mol. The molecule has 0 bridgehead atoms. The van der Waals surface area contributed by atoms with Gasteiger partial charge in [0.2, 0.25) is 0 Å². The van der Waals surface area contributed by atoms with Crippen molar-refractivity contribution in [3.05, 3.63) is 34.6 Å². The van der Waals surface area contributed by atoms with Crippen LogP contribution in [-0.2, 0) is 6.42 Å². The van der Waals surface area contributed by atoms with Gasteiger partial charge in [-0.3, -0.25) is 0 Å². The van der Waals surface area contributed by atoms with Gasteiger partial charge in [-0.25, -0.2) is 4.39 Å². The Balaban J connectivity index is 2.59. The first-order chi connectivity index (χ1) is 6.63. The van der Waals surface area contributed by atoms with Crippen molar-refractivity contribution in [1.82, 2.24) is 0 Å². The fraction of sp³-hybridized carbons (Fsp3) is 0.455. The van der Waals surface area contributed by atoms with E-state index in [0.717, 1.165) is 24.8 Å². The number of rotatable bonds is 4. The van der Waals surface area contributed by atoms with E-state index in [2.05, 4.69) is 22.9 Å². The molecule has 0 aliphatic rings. The molecular weight excluding hydrogens is 266 g/mol. The first-order valence-electron chi connectivity index (χ1n) is 4.71. The van der Waals surface area contributed by atoms with Crippen LogP contribution in [0, 0.1) is 5.82 Å². The van der Waals surface area contributed by atoms with E-state index in [1.54, 1.807) is 6.07 Å². The van der Waals surface area contributed by atoms with Crippen LogP contribution < -0.4 is 0 Å². The van der Waals surface area contributed by atoms with Crippen LogP contribution in [0.4, 0.5) is 4.39 Å². The second kappa shape index (κ2) is 5.72. The molecular formula is C11H13BrClF. The van der Waals surface area contributed by atoms with Crippen LogP contribution >= 0.6 is 27.5 Å². The van der Waals surface area contributed by atoms with E-state index in [9.17, 15) is 4.39 Å². The summed E-state index contributed by atoms with van der Waals surface area (Å²) in [6.45, 7) is 2.13. The van der Waals surface area contributed by atoms with Crippen molar-refractivity contribution in [3.8, 4) is 0 Å². The second-order valence-electron chi connectivity index (χ2n) is 3.28. The van der Waals surface area contributed by atoms with E-state index in [-0.39, 0.29) is 5.82 Å². The number of halogens is 3. The van der Waals surface area contributed by atoms with Crippen LogP contribution in [0.3, 0.4) is 0 Å².